The van der Waals surface area contributed by atoms with Crippen molar-refractivity contribution in [2.24, 2.45) is 0 Å². The molecule has 2 rings (SSSR count). The second kappa shape index (κ2) is 15.0. The van der Waals surface area contributed by atoms with Crippen molar-refractivity contribution in [3.05, 3.63) is 59.9 Å². The van der Waals surface area contributed by atoms with E-state index < -0.39 is 0 Å². The number of carbonyl (C=O) groups excluding carboxylic acids is 1. The Labute approximate surface area is 151 Å². The quantitative estimate of drug-likeness (QED) is 0.766. The highest BCUT2D eigenvalue weighted by molar-refractivity contribution is 5.73. The Morgan fingerprint density at radius 1 is 1.04 bits per heavy atom. The van der Waals surface area contributed by atoms with Gasteiger partial charge in [0.1, 0.15) is 12.4 Å². The van der Waals surface area contributed by atoms with Gasteiger partial charge in [0.25, 0.3) is 0 Å². The number of carbonyl (C=O) groups is 1. The average Bonchev–Trinajstić information content (AvgIpc) is 2.69. The first-order valence-corrected chi connectivity index (χ1v) is 8.85. The number of pyridine rings is 1. The Bertz CT molecular complexity index is 574. The molecule has 2 amide bonds. The molecule has 1 heterocycles. The lowest BCUT2D eigenvalue weighted by Crippen LogP contribution is -2.37. The monoisotopic (exact) mass is 345 g/mol. The van der Waals surface area contributed by atoms with Crippen LogP contribution in [-0.2, 0) is 6.54 Å². The first-order chi connectivity index (χ1) is 12.3. The van der Waals surface area contributed by atoms with Crippen LogP contribution in [0.4, 0.5) is 4.79 Å². The van der Waals surface area contributed by atoms with Crippen LogP contribution in [0, 0.1) is 6.92 Å². The third-order valence-corrected chi connectivity index (χ3v) is 2.91. The molecule has 2 N–H and O–H groups in total. The zero-order valence-electron chi connectivity index (χ0n) is 16.0. The van der Waals surface area contributed by atoms with Gasteiger partial charge >= 0.3 is 6.03 Å². The zero-order valence-corrected chi connectivity index (χ0v) is 16.0. The summed E-state index contributed by atoms with van der Waals surface area (Å²) in [6.07, 6.45) is 3.42. The standard InChI is InChI=1S/C16H19N3O2.2C2H6/c1-13-5-2-3-7-15(13)21-10-9-18-16(20)19-12-14-6-4-8-17-11-14;2*1-2/h2-8,11H,9-10,12H2,1H3,(H2,18,19,20);2*1-2H3. The van der Waals surface area contributed by atoms with Crippen molar-refractivity contribution in [2.45, 2.75) is 41.2 Å². The van der Waals surface area contributed by atoms with Crippen molar-refractivity contribution in [1.29, 1.82) is 0 Å². The molecule has 1 aromatic carbocycles. The van der Waals surface area contributed by atoms with Crippen LogP contribution in [0.2, 0.25) is 0 Å². The van der Waals surface area contributed by atoms with Crippen molar-refractivity contribution in [3.8, 4) is 5.75 Å². The molecule has 0 aliphatic heterocycles. The molecule has 0 fully saturated rings. The van der Waals surface area contributed by atoms with Crippen LogP contribution in [0.25, 0.3) is 0 Å². The Kier molecular flexibility index (Phi) is 13.5. The summed E-state index contributed by atoms with van der Waals surface area (Å²) in [7, 11) is 0. The fourth-order valence-corrected chi connectivity index (χ4v) is 1.79. The van der Waals surface area contributed by atoms with Gasteiger partial charge in [-0.1, -0.05) is 52.0 Å². The summed E-state index contributed by atoms with van der Waals surface area (Å²) in [5, 5.41) is 5.51. The number of hydrogen-bond donors (Lipinski definition) is 2. The van der Waals surface area contributed by atoms with Gasteiger partial charge in [0.2, 0.25) is 0 Å². The van der Waals surface area contributed by atoms with Crippen molar-refractivity contribution in [1.82, 2.24) is 15.6 Å². The summed E-state index contributed by atoms with van der Waals surface area (Å²) in [5.41, 5.74) is 2.04. The zero-order chi connectivity index (χ0) is 18.9. The SMILES string of the molecule is CC.CC.Cc1ccccc1OCCNC(=O)NCc1cccnc1. The van der Waals surface area contributed by atoms with Gasteiger partial charge in [-0.15, -0.1) is 0 Å². The molecule has 2 aromatic rings. The maximum absolute atomic E-state index is 11.6. The minimum atomic E-state index is -0.216. The summed E-state index contributed by atoms with van der Waals surface area (Å²) in [5.74, 6) is 0.843. The van der Waals surface area contributed by atoms with Crippen LogP contribution >= 0.6 is 0 Å². The molecule has 0 aliphatic rings. The highest BCUT2D eigenvalue weighted by Gasteiger charge is 2.01. The summed E-state index contributed by atoms with van der Waals surface area (Å²) in [6.45, 7) is 11.3. The number of hydrogen-bond acceptors (Lipinski definition) is 3. The van der Waals surface area contributed by atoms with E-state index in [1.165, 1.54) is 0 Å². The molecule has 0 aliphatic carbocycles. The Morgan fingerprint density at radius 3 is 2.40 bits per heavy atom. The normalized spacial score (nSPS) is 8.84. The fourth-order valence-electron chi connectivity index (χ4n) is 1.79. The number of rotatable bonds is 6. The van der Waals surface area contributed by atoms with E-state index in [-0.39, 0.29) is 6.03 Å². The molecule has 0 saturated carbocycles. The number of benzene rings is 1. The Hall–Kier alpha value is -2.56. The van der Waals surface area contributed by atoms with Gasteiger partial charge in [-0.2, -0.15) is 0 Å². The molecule has 0 atom stereocenters. The van der Waals surface area contributed by atoms with E-state index in [1.54, 1.807) is 12.4 Å². The fraction of sp³-hybridized carbons (Fsp3) is 0.400. The molecule has 5 heteroatoms. The number of nitrogens with one attached hydrogen (secondary N) is 2. The smallest absolute Gasteiger partial charge is 0.315 e. The summed E-state index contributed by atoms with van der Waals surface area (Å²) < 4.78 is 5.60. The third-order valence-electron chi connectivity index (χ3n) is 2.91. The lowest BCUT2D eigenvalue weighted by atomic mass is 10.2. The van der Waals surface area contributed by atoms with Crippen molar-refractivity contribution < 1.29 is 9.53 Å². The Morgan fingerprint density at radius 2 is 1.76 bits per heavy atom. The predicted octanol–water partition coefficient (Wildman–Crippen LogP) is 4.32. The third kappa shape index (κ3) is 10.0. The number of urea groups is 1. The molecular formula is C20H31N3O2. The van der Waals surface area contributed by atoms with E-state index in [4.69, 9.17) is 4.74 Å². The number of nitrogens with zero attached hydrogens (tertiary/aromatic N) is 1. The second-order valence-corrected chi connectivity index (χ2v) is 4.58. The van der Waals surface area contributed by atoms with Crippen LogP contribution < -0.4 is 15.4 Å². The van der Waals surface area contributed by atoms with E-state index >= 15 is 0 Å². The first-order valence-electron chi connectivity index (χ1n) is 8.85. The minimum Gasteiger partial charge on any atom is -0.491 e. The topological polar surface area (TPSA) is 63.2 Å². The summed E-state index contributed by atoms with van der Waals surface area (Å²) in [6, 6.07) is 11.3. The summed E-state index contributed by atoms with van der Waals surface area (Å²) in [4.78, 5) is 15.6. The molecule has 0 radical (unpaired) electrons. The Balaban J connectivity index is 0.00000134. The maximum Gasteiger partial charge on any atom is 0.315 e. The molecule has 0 saturated heterocycles. The van der Waals surface area contributed by atoms with E-state index in [9.17, 15) is 4.79 Å². The number of aryl methyl sites for hydroxylation is 1. The number of ether oxygens (including phenoxy) is 1. The van der Waals surface area contributed by atoms with Gasteiger partial charge in [0.15, 0.2) is 0 Å². The summed E-state index contributed by atoms with van der Waals surface area (Å²) >= 11 is 0. The van der Waals surface area contributed by atoms with E-state index in [1.807, 2.05) is 71.0 Å². The van der Waals surface area contributed by atoms with Gasteiger partial charge in [-0.25, -0.2) is 4.79 Å². The van der Waals surface area contributed by atoms with Crippen LogP contribution in [0.5, 0.6) is 5.75 Å². The number of amides is 2. The second-order valence-electron chi connectivity index (χ2n) is 4.58. The van der Waals surface area contributed by atoms with Crippen LogP contribution in [0.3, 0.4) is 0 Å². The van der Waals surface area contributed by atoms with Gasteiger partial charge < -0.3 is 15.4 Å². The number of aromatic nitrogens is 1. The van der Waals surface area contributed by atoms with Gasteiger partial charge in [-0.3, -0.25) is 4.98 Å². The average molecular weight is 345 g/mol. The molecule has 0 bridgehead atoms. The molecule has 1 aromatic heterocycles. The minimum absolute atomic E-state index is 0.216. The van der Waals surface area contributed by atoms with E-state index in [0.717, 1.165) is 16.9 Å². The van der Waals surface area contributed by atoms with Crippen molar-refractivity contribution in [3.63, 3.8) is 0 Å². The van der Waals surface area contributed by atoms with Crippen LogP contribution in [-0.4, -0.2) is 24.2 Å². The van der Waals surface area contributed by atoms with E-state index in [2.05, 4.69) is 15.6 Å². The highest BCUT2D eigenvalue weighted by Crippen LogP contribution is 2.15. The molecule has 138 valence electrons. The molecule has 5 nitrogen and oxygen atoms in total. The van der Waals surface area contributed by atoms with E-state index in [0.29, 0.717) is 19.7 Å². The first kappa shape index (κ1) is 22.4. The van der Waals surface area contributed by atoms with Crippen molar-refractivity contribution >= 4 is 6.03 Å². The highest BCUT2D eigenvalue weighted by atomic mass is 16.5. The predicted molar refractivity (Wildman–Crippen MR) is 104 cm³/mol. The lowest BCUT2D eigenvalue weighted by Gasteiger charge is -2.10. The van der Waals surface area contributed by atoms with Gasteiger partial charge in [0.05, 0.1) is 6.54 Å². The van der Waals surface area contributed by atoms with Gasteiger partial charge in [0, 0.05) is 18.9 Å². The van der Waals surface area contributed by atoms with Crippen molar-refractivity contribution in [2.75, 3.05) is 13.2 Å². The molecule has 0 spiro atoms. The molecule has 0 unspecified atom stereocenters. The lowest BCUT2D eigenvalue weighted by molar-refractivity contribution is 0.236. The molecule has 25 heavy (non-hydrogen) atoms. The molecular weight excluding hydrogens is 314 g/mol. The van der Waals surface area contributed by atoms with Gasteiger partial charge in [-0.05, 0) is 30.2 Å². The number of para-hydroxylation sites is 1. The van der Waals surface area contributed by atoms with Crippen LogP contribution in [0.1, 0.15) is 38.8 Å². The maximum atomic E-state index is 11.6. The van der Waals surface area contributed by atoms with Crippen LogP contribution in [0.15, 0.2) is 48.8 Å². The largest absolute Gasteiger partial charge is 0.491 e.